The fourth-order valence-electron chi connectivity index (χ4n) is 3.67. The van der Waals surface area contributed by atoms with Gasteiger partial charge in [-0.15, -0.1) is 0 Å². The highest BCUT2D eigenvalue weighted by molar-refractivity contribution is 5.75. The van der Waals surface area contributed by atoms with Gasteiger partial charge in [0.2, 0.25) is 5.91 Å². The summed E-state index contributed by atoms with van der Waals surface area (Å²) in [5.41, 5.74) is 0.862. The van der Waals surface area contributed by atoms with Crippen LogP contribution in [-0.2, 0) is 4.79 Å². The number of carbonyl (C=O) groups excluding carboxylic acids is 1. The van der Waals surface area contributed by atoms with Crippen molar-refractivity contribution in [2.24, 2.45) is 10.8 Å². The van der Waals surface area contributed by atoms with Crippen LogP contribution in [-0.4, -0.2) is 25.5 Å². The molecule has 0 aromatic rings. The maximum Gasteiger partial charge on any atom is 0.219 e. The topological polar surface area (TPSA) is 41.1 Å². The second kappa shape index (κ2) is 6.05. The van der Waals surface area contributed by atoms with Crippen LogP contribution < -0.4 is 10.6 Å². The molecule has 0 bridgehead atoms. The van der Waals surface area contributed by atoms with Gasteiger partial charge in [-0.2, -0.15) is 0 Å². The first-order valence-electron chi connectivity index (χ1n) is 7.18. The average Bonchev–Trinajstić information content (AvgIpc) is 2.19. The largest absolute Gasteiger partial charge is 0.359 e. The Morgan fingerprint density at radius 1 is 1.17 bits per heavy atom. The van der Waals surface area contributed by atoms with Gasteiger partial charge in [0.1, 0.15) is 0 Å². The summed E-state index contributed by atoms with van der Waals surface area (Å²) in [6, 6.07) is 0.605. The van der Waals surface area contributed by atoms with Crippen LogP contribution in [0.2, 0.25) is 0 Å². The number of carbonyl (C=O) groups is 1. The van der Waals surface area contributed by atoms with E-state index in [0.29, 0.717) is 23.3 Å². The van der Waals surface area contributed by atoms with E-state index in [1.807, 2.05) is 0 Å². The molecule has 0 saturated heterocycles. The summed E-state index contributed by atoms with van der Waals surface area (Å²) < 4.78 is 0. The average molecular weight is 254 g/mol. The van der Waals surface area contributed by atoms with E-state index in [9.17, 15) is 4.79 Å². The zero-order valence-electron chi connectivity index (χ0n) is 12.7. The number of amides is 1. The molecule has 1 rings (SSSR count). The first-order chi connectivity index (χ1) is 8.24. The van der Waals surface area contributed by atoms with Crippen LogP contribution in [0.4, 0.5) is 0 Å². The summed E-state index contributed by atoms with van der Waals surface area (Å²) >= 11 is 0. The van der Waals surface area contributed by atoms with Crippen molar-refractivity contribution in [3.8, 4) is 0 Å². The van der Waals surface area contributed by atoms with Crippen molar-refractivity contribution in [2.45, 2.75) is 65.8 Å². The maximum atomic E-state index is 11.1. The van der Waals surface area contributed by atoms with Gasteiger partial charge in [-0.3, -0.25) is 4.79 Å². The van der Waals surface area contributed by atoms with E-state index in [-0.39, 0.29) is 5.91 Å². The van der Waals surface area contributed by atoms with Crippen molar-refractivity contribution in [3.05, 3.63) is 0 Å². The van der Waals surface area contributed by atoms with Gasteiger partial charge in [0.15, 0.2) is 0 Å². The van der Waals surface area contributed by atoms with E-state index < -0.39 is 0 Å². The monoisotopic (exact) mass is 254 g/mol. The molecule has 106 valence electrons. The van der Waals surface area contributed by atoms with E-state index >= 15 is 0 Å². The molecule has 18 heavy (non-hydrogen) atoms. The molecule has 0 radical (unpaired) electrons. The summed E-state index contributed by atoms with van der Waals surface area (Å²) in [7, 11) is 1.70. The normalized spacial score (nSPS) is 22.7. The molecular weight excluding hydrogens is 224 g/mol. The lowest BCUT2D eigenvalue weighted by Crippen LogP contribution is -2.44. The summed E-state index contributed by atoms with van der Waals surface area (Å²) in [5.74, 6) is 0.140. The van der Waals surface area contributed by atoms with Crippen molar-refractivity contribution in [1.29, 1.82) is 0 Å². The Hall–Kier alpha value is -0.570. The van der Waals surface area contributed by atoms with Gasteiger partial charge >= 0.3 is 0 Å². The molecule has 0 aromatic carbocycles. The molecule has 1 fully saturated rings. The molecule has 0 heterocycles. The fraction of sp³-hybridized carbons (Fsp3) is 0.933. The zero-order chi connectivity index (χ0) is 13.8. The zero-order valence-corrected chi connectivity index (χ0v) is 12.7. The lowest BCUT2D eigenvalue weighted by atomic mass is 9.63. The summed E-state index contributed by atoms with van der Waals surface area (Å²) in [4.78, 5) is 11.1. The Balaban J connectivity index is 2.31. The highest BCUT2D eigenvalue weighted by Gasteiger charge is 2.37. The van der Waals surface area contributed by atoms with Crippen molar-refractivity contribution < 1.29 is 4.79 Å². The smallest absolute Gasteiger partial charge is 0.219 e. The molecule has 0 atom stereocenters. The minimum atomic E-state index is 0.140. The first kappa shape index (κ1) is 15.5. The van der Waals surface area contributed by atoms with Gasteiger partial charge < -0.3 is 10.6 Å². The molecule has 0 spiro atoms. The highest BCUT2D eigenvalue weighted by atomic mass is 16.1. The minimum Gasteiger partial charge on any atom is -0.359 e. The van der Waals surface area contributed by atoms with Crippen molar-refractivity contribution in [3.63, 3.8) is 0 Å². The van der Waals surface area contributed by atoms with Gasteiger partial charge in [0.05, 0.1) is 0 Å². The summed E-state index contributed by atoms with van der Waals surface area (Å²) in [6.07, 6.45) is 5.35. The van der Waals surface area contributed by atoms with E-state index in [1.54, 1.807) is 7.05 Å². The summed E-state index contributed by atoms with van der Waals surface area (Å²) in [6.45, 7) is 10.4. The molecule has 0 aliphatic heterocycles. The minimum absolute atomic E-state index is 0.140. The van der Waals surface area contributed by atoms with Crippen LogP contribution in [0.5, 0.6) is 0 Å². The second-order valence-electron chi connectivity index (χ2n) is 7.34. The van der Waals surface area contributed by atoms with Crippen LogP contribution in [0.1, 0.15) is 59.8 Å². The van der Waals surface area contributed by atoms with E-state index in [1.165, 1.54) is 19.3 Å². The Labute approximate surface area is 112 Å². The predicted octanol–water partition coefficient (Wildman–Crippen LogP) is 2.71. The Bertz CT molecular complexity index is 268. The molecule has 1 aliphatic carbocycles. The number of nitrogens with one attached hydrogen (secondary N) is 2. The maximum absolute atomic E-state index is 11.1. The van der Waals surface area contributed by atoms with Crippen LogP contribution in [0, 0.1) is 10.8 Å². The van der Waals surface area contributed by atoms with Crippen molar-refractivity contribution in [1.82, 2.24) is 10.6 Å². The van der Waals surface area contributed by atoms with Crippen molar-refractivity contribution >= 4 is 5.91 Å². The predicted molar refractivity (Wildman–Crippen MR) is 76.5 cm³/mol. The Kier molecular flexibility index (Phi) is 5.20. The van der Waals surface area contributed by atoms with E-state index in [0.717, 1.165) is 13.0 Å². The van der Waals surface area contributed by atoms with E-state index in [2.05, 4.69) is 38.3 Å². The second-order valence-corrected chi connectivity index (χ2v) is 7.34. The molecule has 2 N–H and O–H groups in total. The van der Waals surface area contributed by atoms with Gasteiger partial charge in [0, 0.05) is 19.5 Å². The summed E-state index contributed by atoms with van der Waals surface area (Å²) in [5, 5.41) is 6.30. The molecule has 0 unspecified atom stereocenters. The molecule has 3 heteroatoms. The van der Waals surface area contributed by atoms with Gasteiger partial charge in [-0.05, 0) is 43.1 Å². The lowest BCUT2D eigenvalue weighted by molar-refractivity contribution is -0.120. The molecule has 1 aliphatic rings. The molecular formula is C15H30N2O. The van der Waals surface area contributed by atoms with Gasteiger partial charge in [-0.1, -0.05) is 27.7 Å². The lowest BCUT2D eigenvalue weighted by Gasteiger charge is -2.45. The number of rotatable bonds is 5. The van der Waals surface area contributed by atoms with Gasteiger partial charge in [0.25, 0.3) is 0 Å². The van der Waals surface area contributed by atoms with E-state index in [4.69, 9.17) is 0 Å². The first-order valence-corrected chi connectivity index (χ1v) is 7.18. The van der Waals surface area contributed by atoms with Gasteiger partial charge in [-0.25, -0.2) is 0 Å². The molecule has 1 saturated carbocycles. The fourth-order valence-corrected chi connectivity index (χ4v) is 3.67. The Morgan fingerprint density at radius 3 is 2.22 bits per heavy atom. The third-order valence-electron chi connectivity index (χ3n) is 3.85. The quantitative estimate of drug-likeness (QED) is 0.741. The third kappa shape index (κ3) is 5.38. The highest BCUT2D eigenvalue weighted by Crippen LogP contribution is 2.45. The standard InChI is InChI=1S/C15H30N2O/c1-14(2)9-12(10-15(3,4)11-14)17-8-6-7-13(18)16-5/h12,17H,6-11H2,1-5H3,(H,16,18). The van der Waals surface area contributed by atoms with Crippen LogP contribution >= 0.6 is 0 Å². The SMILES string of the molecule is CNC(=O)CCCNC1CC(C)(C)CC(C)(C)C1. The van der Waals surface area contributed by atoms with Crippen molar-refractivity contribution in [2.75, 3.05) is 13.6 Å². The molecule has 1 amide bonds. The van der Waals surface area contributed by atoms with Crippen LogP contribution in [0.3, 0.4) is 0 Å². The van der Waals surface area contributed by atoms with Crippen LogP contribution in [0.15, 0.2) is 0 Å². The van der Waals surface area contributed by atoms with Crippen LogP contribution in [0.25, 0.3) is 0 Å². The molecule has 3 nitrogen and oxygen atoms in total. The third-order valence-corrected chi connectivity index (χ3v) is 3.85. The number of hydrogen-bond donors (Lipinski definition) is 2. The molecule has 0 aromatic heterocycles. The number of hydrogen-bond acceptors (Lipinski definition) is 2. The Morgan fingerprint density at radius 2 is 1.72 bits per heavy atom.